The number of carbonyl (C=O) groups excluding carboxylic acids is 1. The molecule has 2 rings (SSSR count). The number of amides is 1. The molecule has 0 aliphatic carbocycles. The molecule has 1 aliphatic rings. The van der Waals surface area contributed by atoms with Gasteiger partial charge < -0.3 is 10.6 Å². The Kier molecular flexibility index (Phi) is 3.31. The maximum Gasteiger partial charge on any atom is 0.225 e. The molecule has 1 unspecified atom stereocenters. The maximum absolute atomic E-state index is 11.4. The van der Waals surface area contributed by atoms with Crippen molar-refractivity contribution < 1.29 is 4.79 Å². The molecule has 0 spiro atoms. The molecule has 1 saturated heterocycles. The fourth-order valence-corrected chi connectivity index (χ4v) is 2.83. The van der Waals surface area contributed by atoms with Gasteiger partial charge in [0.25, 0.3) is 0 Å². The molecule has 0 saturated carbocycles. The van der Waals surface area contributed by atoms with Crippen LogP contribution in [-0.2, 0) is 4.79 Å². The van der Waals surface area contributed by atoms with E-state index in [1.807, 2.05) is 13.0 Å². The normalized spacial score (nSPS) is 22.8. The number of hydrogen-bond acceptors (Lipinski definition) is 3. The van der Waals surface area contributed by atoms with E-state index < -0.39 is 5.41 Å². The molecule has 2 N–H and O–H groups in total. The van der Waals surface area contributed by atoms with Gasteiger partial charge in [0.05, 0.1) is 22.7 Å². The summed E-state index contributed by atoms with van der Waals surface area (Å²) in [4.78, 5) is 13.5. The SMILES string of the molecule is CC1(C(N)=O)CCN(c2ccc(C#N)cc2Br)C1. The van der Waals surface area contributed by atoms with E-state index in [2.05, 4.69) is 26.9 Å². The average Bonchev–Trinajstić information content (AvgIpc) is 2.73. The Balaban J connectivity index is 2.25. The van der Waals surface area contributed by atoms with Gasteiger partial charge in [-0.05, 0) is 47.5 Å². The van der Waals surface area contributed by atoms with Crippen LogP contribution in [0.5, 0.6) is 0 Å². The fraction of sp³-hybridized carbons (Fsp3) is 0.385. The molecule has 1 aromatic rings. The summed E-state index contributed by atoms with van der Waals surface area (Å²) in [6.45, 7) is 3.31. The van der Waals surface area contributed by atoms with Crippen molar-refractivity contribution in [3.63, 3.8) is 0 Å². The van der Waals surface area contributed by atoms with Crippen LogP contribution in [0.15, 0.2) is 22.7 Å². The number of rotatable bonds is 2. The van der Waals surface area contributed by atoms with Crippen molar-refractivity contribution in [1.82, 2.24) is 0 Å². The van der Waals surface area contributed by atoms with Gasteiger partial charge in [-0.1, -0.05) is 0 Å². The highest BCUT2D eigenvalue weighted by Crippen LogP contribution is 2.36. The van der Waals surface area contributed by atoms with Crippen molar-refractivity contribution in [2.24, 2.45) is 11.1 Å². The third-order valence-corrected chi connectivity index (χ3v) is 4.12. The van der Waals surface area contributed by atoms with Gasteiger partial charge in [0.15, 0.2) is 0 Å². The Labute approximate surface area is 115 Å². The Bertz CT molecular complexity index is 538. The van der Waals surface area contributed by atoms with E-state index in [4.69, 9.17) is 11.0 Å². The minimum atomic E-state index is -0.465. The van der Waals surface area contributed by atoms with Gasteiger partial charge in [-0.3, -0.25) is 4.79 Å². The van der Waals surface area contributed by atoms with Crippen LogP contribution in [0.4, 0.5) is 5.69 Å². The Morgan fingerprint density at radius 1 is 1.61 bits per heavy atom. The number of nitriles is 1. The van der Waals surface area contributed by atoms with E-state index >= 15 is 0 Å². The van der Waals surface area contributed by atoms with E-state index in [0.29, 0.717) is 12.1 Å². The van der Waals surface area contributed by atoms with Gasteiger partial charge in [-0.2, -0.15) is 5.26 Å². The first-order valence-electron chi connectivity index (χ1n) is 5.71. The van der Waals surface area contributed by atoms with Gasteiger partial charge in [0.1, 0.15) is 0 Å². The first kappa shape index (κ1) is 12.9. The van der Waals surface area contributed by atoms with Crippen LogP contribution in [0.1, 0.15) is 18.9 Å². The summed E-state index contributed by atoms with van der Waals surface area (Å²) < 4.78 is 0.871. The van der Waals surface area contributed by atoms with Gasteiger partial charge in [0, 0.05) is 17.6 Å². The van der Waals surface area contributed by atoms with Crippen LogP contribution < -0.4 is 10.6 Å². The number of halogens is 1. The summed E-state index contributed by atoms with van der Waals surface area (Å²) in [5, 5.41) is 8.83. The van der Waals surface area contributed by atoms with Crippen molar-refractivity contribution in [3.8, 4) is 6.07 Å². The lowest BCUT2D eigenvalue weighted by molar-refractivity contribution is -0.125. The molecule has 1 atom stereocenters. The summed E-state index contributed by atoms with van der Waals surface area (Å²) in [5.74, 6) is -0.255. The molecule has 18 heavy (non-hydrogen) atoms. The minimum Gasteiger partial charge on any atom is -0.370 e. The van der Waals surface area contributed by atoms with Crippen LogP contribution in [0.25, 0.3) is 0 Å². The molecule has 1 aromatic carbocycles. The molecule has 5 heteroatoms. The topological polar surface area (TPSA) is 70.1 Å². The predicted octanol–water partition coefficient (Wildman–Crippen LogP) is 2.02. The molecular formula is C13H14BrN3O. The van der Waals surface area contributed by atoms with Crippen molar-refractivity contribution in [2.45, 2.75) is 13.3 Å². The number of carbonyl (C=O) groups is 1. The lowest BCUT2D eigenvalue weighted by Gasteiger charge is -2.23. The molecule has 1 heterocycles. The quantitative estimate of drug-likeness (QED) is 0.908. The molecule has 4 nitrogen and oxygen atoms in total. The molecule has 1 amide bonds. The number of nitrogens with two attached hydrogens (primary N) is 1. The Hall–Kier alpha value is -1.54. The van der Waals surface area contributed by atoms with E-state index in [9.17, 15) is 4.79 Å². The number of primary amides is 1. The standard InChI is InChI=1S/C13H14BrN3O/c1-13(12(16)18)4-5-17(8-13)11-3-2-9(7-15)6-10(11)14/h2-3,6H,4-5,8H2,1H3,(H2,16,18). The van der Waals surface area contributed by atoms with Crippen molar-refractivity contribution in [1.29, 1.82) is 5.26 Å². The number of nitrogens with zero attached hydrogens (tertiary/aromatic N) is 2. The second-order valence-electron chi connectivity index (χ2n) is 4.87. The van der Waals surface area contributed by atoms with Crippen LogP contribution in [0, 0.1) is 16.7 Å². The van der Waals surface area contributed by atoms with Crippen molar-refractivity contribution >= 4 is 27.5 Å². The molecule has 0 radical (unpaired) electrons. The lowest BCUT2D eigenvalue weighted by atomic mass is 9.89. The van der Waals surface area contributed by atoms with E-state index in [1.165, 1.54) is 0 Å². The smallest absolute Gasteiger partial charge is 0.225 e. The third kappa shape index (κ3) is 2.21. The fourth-order valence-electron chi connectivity index (χ4n) is 2.20. The van der Waals surface area contributed by atoms with Crippen molar-refractivity contribution in [3.05, 3.63) is 28.2 Å². The highest BCUT2D eigenvalue weighted by molar-refractivity contribution is 9.10. The molecule has 1 fully saturated rings. The van der Waals surface area contributed by atoms with E-state index in [-0.39, 0.29) is 5.91 Å². The molecule has 0 aromatic heterocycles. The minimum absolute atomic E-state index is 0.255. The largest absolute Gasteiger partial charge is 0.370 e. The predicted molar refractivity (Wildman–Crippen MR) is 73.0 cm³/mol. The first-order chi connectivity index (χ1) is 8.46. The molecule has 1 aliphatic heterocycles. The molecule has 0 bridgehead atoms. The van der Waals surface area contributed by atoms with E-state index in [0.717, 1.165) is 23.1 Å². The van der Waals surface area contributed by atoms with Gasteiger partial charge in [0.2, 0.25) is 5.91 Å². The van der Waals surface area contributed by atoms with Crippen LogP contribution in [0.2, 0.25) is 0 Å². The zero-order valence-corrected chi connectivity index (χ0v) is 11.7. The third-order valence-electron chi connectivity index (χ3n) is 3.49. The molecule has 94 valence electrons. The summed E-state index contributed by atoms with van der Waals surface area (Å²) in [6, 6.07) is 7.56. The number of anilines is 1. The van der Waals surface area contributed by atoms with Crippen LogP contribution >= 0.6 is 15.9 Å². The van der Waals surface area contributed by atoms with Crippen LogP contribution in [-0.4, -0.2) is 19.0 Å². The highest BCUT2D eigenvalue weighted by Gasteiger charge is 2.39. The highest BCUT2D eigenvalue weighted by atomic mass is 79.9. The Morgan fingerprint density at radius 3 is 2.83 bits per heavy atom. The lowest BCUT2D eigenvalue weighted by Crippen LogP contribution is -2.37. The summed E-state index contributed by atoms with van der Waals surface area (Å²) in [5.41, 5.74) is 6.58. The number of benzene rings is 1. The summed E-state index contributed by atoms with van der Waals surface area (Å²) in [7, 11) is 0. The summed E-state index contributed by atoms with van der Waals surface area (Å²) >= 11 is 3.46. The van der Waals surface area contributed by atoms with Crippen molar-refractivity contribution in [2.75, 3.05) is 18.0 Å². The van der Waals surface area contributed by atoms with Gasteiger partial charge in [-0.25, -0.2) is 0 Å². The maximum atomic E-state index is 11.4. The second kappa shape index (κ2) is 4.62. The Morgan fingerprint density at radius 2 is 2.33 bits per heavy atom. The second-order valence-corrected chi connectivity index (χ2v) is 5.73. The zero-order chi connectivity index (χ0) is 13.3. The average molecular weight is 308 g/mol. The van der Waals surface area contributed by atoms with Gasteiger partial charge >= 0.3 is 0 Å². The first-order valence-corrected chi connectivity index (χ1v) is 6.50. The van der Waals surface area contributed by atoms with E-state index in [1.54, 1.807) is 12.1 Å². The summed E-state index contributed by atoms with van der Waals surface area (Å²) in [6.07, 6.45) is 0.759. The monoisotopic (exact) mass is 307 g/mol. The van der Waals surface area contributed by atoms with Crippen LogP contribution in [0.3, 0.4) is 0 Å². The zero-order valence-electron chi connectivity index (χ0n) is 10.1. The number of hydrogen-bond donors (Lipinski definition) is 1. The molecular weight excluding hydrogens is 294 g/mol. The van der Waals surface area contributed by atoms with Gasteiger partial charge in [-0.15, -0.1) is 0 Å².